The van der Waals surface area contributed by atoms with Crippen LogP contribution in [0.1, 0.15) is 31.4 Å². The highest BCUT2D eigenvalue weighted by molar-refractivity contribution is 5.77. The van der Waals surface area contributed by atoms with Gasteiger partial charge in [0, 0.05) is 22.7 Å². The summed E-state index contributed by atoms with van der Waals surface area (Å²) in [6.07, 6.45) is 2.47. The molecule has 1 aromatic carbocycles. The summed E-state index contributed by atoms with van der Waals surface area (Å²) in [6.45, 7) is 2.15. The van der Waals surface area contributed by atoms with E-state index in [0.29, 0.717) is 23.2 Å². The van der Waals surface area contributed by atoms with Gasteiger partial charge in [0.1, 0.15) is 5.82 Å². The molecule has 1 aromatic heterocycles. The number of aromatic amines is 1. The first-order valence-corrected chi connectivity index (χ1v) is 6.27. The van der Waals surface area contributed by atoms with Crippen molar-refractivity contribution in [1.82, 2.24) is 10.2 Å². The molecule has 0 bridgehead atoms. The van der Waals surface area contributed by atoms with Crippen molar-refractivity contribution in [3.05, 3.63) is 35.8 Å². The van der Waals surface area contributed by atoms with E-state index in [1.54, 1.807) is 12.1 Å². The van der Waals surface area contributed by atoms with Crippen molar-refractivity contribution < 1.29 is 4.39 Å². The third kappa shape index (κ3) is 1.78. The van der Waals surface area contributed by atoms with E-state index in [0.717, 1.165) is 11.3 Å². The fourth-order valence-electron chi connectivity index (χ4n) is 2.48. The van der Waals surface area contributed by atoms with Gasteiger partial charge in [0.25, 0.3) is 0 Å². The lowest BCUT2D eigenvalue weighted by molar-refractivity contribution is 0.626. The highest BCUT2D eigenvalue weighted by atomic mass is 19.1. The van der Waals surface area contributed by atoms with E-state index in [1.807, 2.05) is 6.07 Å². The number of hydrogen-bond acceptors (Lipinski definition) is 2. The average Bonchev–Trinajstić information content (AvgIpc) is 3.14. The highest BCUT2D eigenvalue weighted by Crippen LogP contribution is 2.45. The second-order valence-corrected chi connectivity index (χ2v) is 5.00. The monoisotopic (exact) mass is 245 g/mol. The SMILES string of the molecule is CC(c1[nH]nc(N)c1-c1ccccc1F)C1CC1. The third-order valence-corrected chi connectivity index (χ3v) is 3.75. The minimum absolute atomic E-state index is 0.255. The first kappa shape index (κ1) is 11.3. The molecule has 1 saturated carbocycles. The Morgan fingerprint density at radius 1 is 1.39 bits per heavy atom. The maximum Gasteiger partial charge on any atom is 0.153 e. The first-order chi connectivity index (χ1) is 8.68. The van der Waals surface area contributed by atoms with Gasteiger partial charge >= 0.3 is 0 Å². The van der Waals surface area contributed by atoms with Crippen molar-refractivity contribution in [2.75, 3.05) is 5.73 Å². The highest BCUT2D eigenvalue weighted by Gasteiger charge is 2.32. The molecular formula is C14H16FN3. The van der Waals surface area contributed by atoms with E-state index in [4.69, 9.17) is 5.73 Å². The summed E-state index contributed by atoms with van der Waals surface area (Å²) in [6, 6.07) is 6.70. The molecular weight excluding hydrogens is 229 g/mol. The van der Waals surface area contributed by atoms with Crippen LogP contribution in [0.25, 0.3) is 11.1 Å². The maximum absolute atomic E-state index is 13.9. The van der Waals surface area contributed by atoms with E-state index in [2.05, 4.69) is 17.1 Å². The molecule has 3 rings (SSSR count). The number of nitrogen functional groups attached to an aromatic ring is 1. The molecule has 0 aliphatic heterocycles. The Balaban J connectivity index is 2.11. The summed E-state index contributed by atoms with van der Waals surface area (Å²) in [5, 5.41) is 7.03. The van der Waals surface area contributed by atoms with Crippen molar-refractivity contribution in [3.8, 4) is 11.1 Å². The number of halogens is 1. The zero-order chi connectivity index (χ0) is 12.7. The molecule has 3 nitrogen and oxygen atoms in total. The Bertz CT molecular complexity index is 572. The fraction of sp³-hybridized carbons (Fsp3) is 0.357. The summed E-state index contributed by atoms with van der Waals surface area (Å²) >= 11 is 0. The third-order valence-electron chi connectivity index (χ3n) is 3.75. The summed E-state index contributed by atoms with van der Waals surface area (Å²) in [5.41, 5.74) is 8.11. The molecule has 1 atom stereocenters. The van der Waals surface area contributed by atoms with Gasteiger partial charge in [-0.3, -0.25) is 5.10 Å². The van der Waals surface area contributed by atoms with Crippen LogP contribution in [0.5, 0.6) is 0 Å². The second kappa shape index (κ2) is 4.12. The summed E-state index contributed by atoms with van der Waals surface area (Å²) in [7, 11) is 0. The van der Waals surface area contributed by atoms with Gasteiger partial charge in [-0.2, -0.15) is 5.10 Å². The molecule has 0 spiro atoms. The van der Waals surface area contributed by atoms with Crippen molar-refractivity contribution in [3.63, 3.8) is 0 Å². The molecule has 4 heteroatoms. The van der Waals surface area contributed by atoms with Crippen molar-refractivity contribution >= 4 is 5.82 Å². The van der Waals surface area contributed by atoms with Crippen LogP contribution in [0.15, 0.2) is 24.3 Å². The second-order valence-electron chi connectivity index (χ2n) is 5.00. The molecule has 18 heavy (non-hydrogen) atoms. The van der Waals surface area contributed by atoms with Gasteiger partial charge in [-0.15, -0.1) is 0 Å². The predicted octanol–water partition coefficient (Wildman–Crippen LogP) is 3.31. The molecule has 1 unspecified atom stereocenters. The molecule has 0 saturated heterocycles. The Morgan fingerprint density at radius 2 is 2.11 bits per heavy atom. The van der Waals surface area contributed by atoms with Crippen molar-refractivity contribution in [2.45, 2.75) is 25.7 Å². The van der Waals surface area contributed by atoms with Gasteiger partial charge in [0.2, 0.25) is 0 Å². The van der Waals surface area contributed by atoms with E-state index in [1.165, 1.54) is 18.9 Å². The quantitative estimate of drug-likeness (QED) is 0.871. The van der Waals surface area contributed by atoms with Crippen LogP contribution in [0.3, 0.4) is 0 Å². The summed E-state index contributed by atoms with van der Waals surface area (Å²) in [4.78, 5) is 0. The lowest BCUT2D eigenvalue weighted by Crippen LogP contribution is -2.00. The van der Waals surface area contributed by atoms with Crippen LogP contribution >= 0.6 is 0 Å². The summed E-state index contributed by atoms with van der Waals surface area (Å²) in [5.74, 6) is 1.15. The molecule has 3 N–H and O–H groups in total. The number of benzene rings is 1. The lowest BCUT2D eigenvalue weighted by Gasteiger charge is -2.11. The lowest BCUT2D eigenvalue weighted by atomic mass is 9.94. The Hall–Kier alpha value is -1.84. The number of H-pyrrole nitrogens is 1. The predicted molar refractivity (Wildman–Crippen MR) is 69.5 cm³/mol. The zero-order valence-corrected chi connectivity index (χ0v) is 10.3. The van der Waals surface area contributed by atoms with Crippen molar-refractivity contribution in [1.29, 1.82) is 0 Å². The van der Waals surface area contributed by atoms with Gasteiger partial charge in [0.15, 0.2) is 5.82 Å². The molecule has 1 heterocycles. The number of hydrogen-bond donors (Lipinski definition) is 2. The molecule has 1 fully saturated rings. The van der Waals surface area contributed by atoms with Crippen LogP contribution < -0.4 is 5.73 Å². The number of anilines is 1. The molecule has 94 valence electrons. The van der Waals surface area contributed by atoms with Crippen LogP contribution in [0.2, 0.25) is 0 Å². The fourth-order valence-corrected chi connectivity index (χ4v) is 2.48. The standard InChI is InChI=1S/C14H16FN3/c1-8(9-6-7-9)13-12(14(16)18-17-13)10-4-2-3-5-11(10)15/h2-5,8-9H,6-7H2,1H3,(H3,16,17,18). The van der Waals surface area contributed by atoms with Gasteiger partial charge in [-0.25, -0.2) is 4.39 Å². The van der Waals surface area contributed by atoms with Crippen molar-refractivity contribution in [2.24, 2.45) is 5.92 Å². The first-order valence-electron chi connectivity index (χ1n) is 6.27. The van der Waals surface area contributed by atoms with Gasteiger partial charge in [-0.1, -0.05) is 25.1 Å². The minimum atomic E-state index is -0.255. The maximum atomic E-state index is 13.9. The molecule has 0 amide bonds. The Labute approximate surface area is 105 Å². The number of nitrogens with zero attached hydrogens (tertiary/aromatic N) is 1. The van der Waals surface area contributed by atoms with Crippen LogP contribution in [-0.2, 0) is 0 Å². The zero-order valence-electron chi connectivity index (χ0n) is 10.3. The molecule has 0 radical (unpaired) electrons. The van der Waals surface area contributed by atoms with E-state index in [9.17, 15) is 4.39 Å². The average molecular weight is 245 g/mol. The number of nitrogens with one attached hydrogen (secondary N) is 1. The number of rotatable bonds is 3. The van der Waals surface area contributed by atoms with Gasteiger partial charge in [-0.05, 0) is 24.8 Å². The van der Waals surface area contributed by atoms with Crippen LogP contribution in [0.4, 0.5) is 10.2 Å². The molecule has 1 aliphatic carbocycles. The summed E-state index contributed by atoms with van der Waals surface area (Å²) < 4.78 is 13.9. The van der Waals surface area contributed by atoms with E-state index >= 15 is 0 Å². The van der Waals surface area contributed by atoms with Crippen LogP contribution in [-0.4, -0.2) is 10.2 Å². The number of aromatic nitrogens is 2. The van der Waals surface area contributed by atoms with E-state index in [-0.39, 0.29) is 5.82 Å². The largest absolute Gasteiger partial charge is 0.382 e. The van der Waals surface area contributed by atoms with Crippen LogP contribution in [0, 0.1) is 11.7 Å². The topological polar surface area (TPSA) is 54.7 Å². The van der Waals surface area contributed by atoms with Gasteiger partial charge < -0.3 is 5.73 Å². The minimum Gasteiger partial charge on any atom is -0.382 e. The van der Waals surface area contributed by atoms with Gasteiger partial charge in [0.05, 0.1) is 0 Å². The smallest absolute Gasteiger partial charge is 0.153 e. The molecule has 1 aliphatic rings. The Morgan fingerprint density at radius 3 is 2.78 bits per heavy atom. The Kier molecular flexibility index (Phi) is 2.58. The normalized spacial score (nSPS) is 16.8. The van der Waals surface area contributed by atoms with E-state index < -0.39 is 0 Å². The molecule has 2 aromatic rings. The number of nitrogens with two attached hydrogens (primary N) is 1.